The lowest BCUT2D eigenvalue weighted by Crippen LogP contribution is -2.52. The van der Waals surface area contributed by atoms with Gasteiger partial charge in [-0.3, -0.25) is 13.9 Å². The van der Waals surface area contributed by atoms with E-state index in [-0.39, 0.29) is 23.4 Å². The van der Waals surface area contributed by atoms with E-state index in [1.807, 2.05) is 33.8 Å². The zero-order valence-corrected chi connectivity index (χ0v) is 25.3. The SMILES string of the molecule is CCOc1ccc(S(=O)(=O)N(CC(=O)N(Cc2cccc(OC)c2)[C@H](C)C(=O)NC(C)C)c2ccc(C)cc2)cc1. The van der Waals surface area contributed by atoms with E-state index in [1.165, 1.54) is 17.0 Å². The molecule has 0 aliphatic carbocycles. The van der Waals surface area contributed by atoms with Crippen LogP contribution in [0.5, 0.6) is 11.5 Å². The van der Waals surface area contributed by atoms with E-state index in [2.05, 4.69) is 5.32 Å². The number of carbonyl (C=O) groups excluding carboxylic acids is 2. The van der Waals surface area contributed by atoms with Gasteiger partial charge in [-0.2, -0.15) is 0 Å². The largest absolute Gasteiger partial charge is 0.497 e. The summed E-state index contributed by atoms with van der Waals surface area (Å²) in [7, 11) is -2.62. The van der Waals surface area contributed by atoms with Gasteiger partial charge in [0, 0.05) is 12.6 Å². The second-order valence-corrected chi connectivity index (χ2v) is 11.8. The molecule has 0 saturated carbocycles. The van der Waals surface area contributed by atoms with Crippen molar-refractivity contribution in [1.82, 2.24) is 10.2 Å². The molecule has 9 nitrogen and oxygen atoms in total. The maximum absolute atomic E-state index is 14.0. The van der Waals surface area contributed by atoms with Crippen LogP contribution in [-0.4, -0.2) is 57.5 Å². The Hall–Kier alpha value is -4.05. The molecule has 0 heterocycles. The van der Waals surface area contributed by atoms with Crippen molar-refractivity contribution in [2.24, 2.45) is 0 Å². The minimum Gasteiger partial charge on any atom is -0.497 e. The minimum absolute atomic E-state index is 0.0132. The number of hydrogen-bond donors (Lipinski definition) is 1. The molecule has 1 atom stereocenters. The Balaban J connectivity index is 2.02. The van der Waals surface area contributed by atoms with Crippen LogP contribution in [0.15, 0.2) is 77.7 Å². The van der Waals surface area contributed by atoms with Crippen molar-refractivity contribution in [2.75, 3.05) is 24.6 Å². The minimum atomic E-state index is -4.17. The van der Waals surface area contributed by atoms with E-state index >= 15 is 0 Å². The fraction of sp³-hybridized carbons (Fsp3) is 0.355. The van der Waals surface area contributed by atoms with Gasteiger partial charge in [0.1, 0.15) is 24.1 Å². The number of amides is 2. The van der Waals surface area contributed by atoms with E-state index < -0.39 is 28.5 Å². The molecule has 0 aliphatic heterocycles. The van der Waals surface area contributed by atoms with E-state index in [1.54, 1.807) is 68.6 Å². The molecule has 220 valence electrons. The lowest BCUT2D eigenvalue weighted by molar-refractivity contribution is -0.139. The molecule has 0 radical (unpaired) electrons. The lowest BCUT2D eigenvalue weighted by Gasteiger charge is -2.32. The van der Waals surface area contributed by atoms with Crippen molar-refractivity contribution in [3.63, 3.8) is 0 Å². The average Bonchev–Trinajstić information content (AvgIpc) is 2.95. The van der Waals surface area contributed by atoms with Crippen LogP contribution in [0.25, 0.3) is 0 Å². The Kier molecular flexibility index (Phi) is 10.8. The van der Waals surface area contributed by atoms with E-state index in [4.69, 9.17) is 9.47 Å². The molecule has 0 unspecified atom stereocenters. The summed E-state index contributed by atoms with van der Waals surface area (Å²) >= 11 is 0. The predicted molar refractivity (Wildman–Crippen MR) is 160 cm³/mol. The van der Waals surface area contributed by atoms with Gasteiger partial charge >= 0.3 is 0 Å². The fourth-order valence-corrected chi connectivity index (χ4v) is 5.61. The maximum Gasteiger partial charge on any atom is 0.264 e. The van der Waals surface area contributed by atoms with Crippen LogP contribution in [0.2, 0.25) is 0 Å². The summed E-state index contributed by atoms with van der Waals surface area (Å²) in [4.78, 5) is 28.4. The lowest BCUT2D eigenvalue weighted by atomic mass is 10.1. The average molecular weight is 582 g/mol. The third-order valence-corrected chi connectivity index (χ3v) is 8.20. The van der Waals surface area contributed by atoms with Crippen molar-refractivity contribution in [1.29, 1.82) is 0 Å². The zero-order valence-electron chi connectivity index (χ0n) is 24.5. The summed E-state index contributed by atoms with van der Waals surface area (Å²) in [5.41, 5.74) is 2.01. The second kappa shape index (κ2) is 14.0. The van der Waals surface area contributed by atoms with Crippen LogP contribution in [0.3, 0.4) is 0 Å². The normalized spacial score (nSPS) is 12.0. The summed E-state index contributed by atoms with van der Waals surface area (Å²) in [6.45, 7) is 9.05. The van der Waals surface area contributed by atoms with Crippen LogP contribution in [0.1, 0.15) is 38.8 Å². The Morgan fingerprint density at radius 1 is 0.927 bits per heavy atom. The standard InChI is InChI=1S/C31H39N3O6S/c1-7-40-27-15-17-29(18-16-27)41(37,38)34(26-13-11-23(4)12-14-26)21-30(35)33(24(5)31(36)32-22(2)3)20-25-9-8-10-28(19-25)39-6/h8-19,22,24H,7,20-21H2,1-6H3,(H,32,36)/t24-/m1/s1. The molecule has 10 heteroatoms. The third kappa shape index (κ3) is 8.23. The molecule has 3 aromatic rings. The number of methoxy groups -OCH3 is 1. The highest BCUT2D eigenvalue weighted by molar-refractivity contribution is 7.92. The summed E-state index contributed by atoms with van der Waals surface area (Å²) in [6.07, 6.45) is 0. The number of carbonyl (C=O) groups is 2. The number of rotatable bonds is 13. The van der Waals surface area contributed by atoms with Crippen molar-refractivity contribution < 1.29 is 27.5 Å². The number of ether oxygens (including phenoxy) is 2. The molecule has 2 amide bonds. The summed E-state index contributed by atoms with van der Waals surface area (Å²) in [6, 6.07) is 19.2. The van der Waals surface area contributed by atoms with Crippen LogP contribution in [-0.2, 0) is 26.2 Å². The van der Waals surface area contributed by atoms with Crippen LogP contribution >= 0.6 is 0 Å². The van der Waals surface area contributed by atoms with Gasteiger partial charge in [-0.05, 0) is 88.7 Å². The molecule has 0 fully saturated rings. The number of aryl methyl sites for hydroxylation is 1. The molecule has 41 heavy (non-hydrogen) atoms. The van der Waals surface area contributed by atoms with E-state index in [0.717, 1.165) is 15.4 Å². The highest BCUT2D eigenvalue weighted by Gasteiger charge is 2.32. The summed E-state index contributed by atoms with van der Waals surface area (Å²) in [5.74, 6) is 0.272. The van der Waals surface area contributed by atoms with Gasteiger partial charge < -0.3 is 19.7 Å². The summed E-state index contributed by atoms with van der Waals surface area (Å²) < 4.78 is 39.8. The monoisotopic (exact) mass is 581 g/mol. The van der Waals surface area contributed by atoms with Gasteiger partial charge in [-0.15, -0.1) is 0 Å². The number of nitrogens with zero attached hydrogens (tertiary/aromatic N) is 2. The smallest absolute Gasteiger partial charge is 0.264 e. The predicted octanol–water partition coefficient (Wildman–Crippen LogP) is 4.54. The highest BCUT2D eigenvalue weighted by Crippen LogP contribution is 2.26. The van der Waals surface area contributed by atoms with Gasteiger partial charge in [0.15, 0.2) is 0 Å². The molecule has 0 aliphatic rings. The molecule has 3 rings (SSSR count). The Bertz CT molecular complexity index is 1420. The summed E-state index contributed by atoms with van der Waals surface area (Å²) in [5, 5.41) is 2.85. The van der Waals surface area contributed by atoms with Crippen molar-refractivity contribution in [3.05, 3.63) is 83.9 Å². The maximum atomic E-state index is 14.0. The number of nitrogens with one attached hydrogen (secondary N) is 1. The van der Waals surface area contributed by atoms with Crippen molar-refractivity contribution >= 4 is 27.5 Å². The first-order valence-electron chi connectivity index (χ1n) is 13.5. The van der Waals surface area contributed by atoms with Crippen LogP contribution in [0.4, 0.5) is 5.69 Å². The Morgan fingerprint density at radius 3 is 2.17 bits per heavy atom. The molecule has 3 aromatic carbocycles. The Labute approximate surface area is 243 Å². The molecule has 0 spiro atoms. The molecule has 0 aromatic heterocycles. The molecular formula is C31H39N3O6S. The first kappa shape index (κ1) is 31.5. The quantitative estimate of drug-likeness (QED) is 0.318. The molecular weight excluding hydrogens is 542 g/mol. The number of hydrogen-bond acceptors (Lipinski definition) is 6. The van der Waals surface area contributed by atoms with Gasteiger partial charge in [-0.1, -0.05) is 29.8 Å². The molecule has 0 bridgehead atoms. The Morgan fingerprint density at radius 2 is 1.59 bits per heavy atom. The van der Waals surface area contributed by atoms with Crippen LogP contribution < -0.4 is 19.1 Å². The van der Waals surface area contributed by atoms with E-state index in [9.17, 15) is 18.0 Å². The highest BCUT2D eigenvalue weighted by atomic mass is 32.2. The van der Waals surface area contributed by atoms with Crippen LogP contribution in [0, 0.1) is 6.92 Å². The first-order chi connectivity index (χ1) is 19.5. The number of benzene rings is 3. The van der Waals surface area contributed by atoms with Gasteiger partial charge in [0.25, 0.3) is 10.0 Å². The zero-order chi connectivity index (χ0) is 30.2. The second-order valence-electron chi connectivity index (χ2n) is 9.96. The number of sulfonamides is 1. The van der Waals surface area contributed by atoms with Gasteiger partial charge in [0.2, 0.25) is 11.8 Å². The van der Waals surface area contributed by atoms with Gasteiger partial charge in [0.05, 0.1) is 24.3 Å². The third-order valence-electron chi connectivity index (χ3n) is 6.41. The topological polar surface area (TPSA) is 105 Å². The van der Waals surface area contributed by atoms with Crippen molar-refractivity contribution in [3.8, 4) is 11.5 Å². The van der Waals surface area contributed by atoms with Crippen molar-refractivity contribution in [2.45, 2.75) is 58.1 Å². The fourth-order valence-electron chi connectivity index (χ4n) is 4.20. The van der Waals surface area contributed by atoms with Gasteiger partial charge in [-0.25, -0.2) is 8.42 Å². The first-order valence-corrected chi connectivity index (χ1v) is 14.9. The van der Waals surface area contributed by atoms with E-state index in [0.29, 0.717) is 23.8 Å². The molecule has 1 N–H and O–H groups in total. The molecule has 0 saturated heterocycles. The number of anilines is 1.